The lowest BCUT2D eigenvalue weighted by Gasteiger charge is -2.12. The molecule has 1 unspecified atom stereocenters. The highest BCUT2D eigenvalue weighted by Gasteiger charge is 2.33. The summed E-state index contributed by atoms with van der Waals surface area (Å²) in [6.07, 6.45) is 3.59. The third kappa shape index (κ3) is 3.29. The Labute approximate surface area is 140 Å². The van der Waals surface area contributed by atoms with Crippen molar-refractivity contribution in [2.75, 3.05) is 5.75 Å². The van der Waals surface area contributed by atoms with Gasteiger partial charge in [0.15, 0.2) is 11.5 Å². The maximum atomic E-state index is 12.8. The predicted octanol–water partition coefficient (Wildman–Crippen LogP) is 3.81. The molecule has 1 saturated carbocycles. The standard InChI is InChI=1S/C16H16BrNO3S/c1-2-22(20)9-11-7-12(17)5-6-13(11)15(19)14-8-18-21-16(14)10-3-4-10/h5-8,10H,2-4,9H2,1H3. The minimum absolute atomic E-state index is 0.0984. The second-order valence-electron chi connectivity index (χ2n) is 5.38. The zero-order chi connectivity index (χ0) is 15.7. The third-order valence-corrected chi connectivity index (χ3v) is 5.51. The molecular weight excluding hydrogens is 366 g/mol. The molecule has 116 valence electrons. The van der Waals surface area contributed by atoms with Gasteiger partial charge in [-0.1, -0.05) is 21.1 Å². The van der Waals surface area contributed by atoms with Gasteiger partial charge in [-0.25, -0.2) is 0 Å². The van der Waals surface area contributed by atoms with Crippen LogP contribution in [-0.2, 0) is 16.9 Å². The number of benzene rings is 1. The van der Waals surface area contributed by atoms with E-state index < -0.39 is 11.2 Å². The first-order valence-electron chi connectivity index (χ1n) is 7.22. The average molecular weight is 382 g/mol. The largest absolute Gasteiger partial charge is 0.616 e. The van der Waals surface area contributed by atoms with Crippen LogP contribution in [0.25, 0.3) is 0 Å². The van der Waals surface area contributed by atoms with Crippen LogP contribution in [0.2, 0.25) is 0 Å². The van der Waals surface area contributed by atoms with Gasteiger partial charge in [0.2, 0.25) is 0 Å². The summed E-state index contributed by atoms with van der Waals surface area (Å²) < 4.78 is 18.0. The summed E-state index contributed by atoms with van der Waals surface area (Å²) >= 11 is 2.44. The van der Waals surface area contributed by atoms with Gasteiger partial charge in [-0.05, 0) is 49.1 Å². The lowest BCUT2D eigenvalue weighted by molar-refractivity contribution is 0.103. The van der Waals surface area contributed by atoms with E-state index in [0.29, 0.717) is 34.3 Å². The first-order valence-corrected chi connectivity index (χ1v) is 9.51. The summed E-state index contributed by atoms with van der Waals surface area (Å²) in [6.45, 7) is 1.88. The van der Waals surface area contributed by atoms with Gasteiger partial charge in [0, 0.05) is 21.5 Å². The van der Waals surface area contributed by atoms with Crippen molar-refractivity contribution in [2.45, 2.75) is 31.4 Å². The average Bonchev–Trinajstić information content (AvgIpc) is 3.23. The van der Waals surface area contributed by atoms with E-state index >= 15 is 0 Å². The van der Waals surface area contributed by atoms with Gasteiger partial charge in [-0.3, -0.25) is 4.79 Å². The summed E-state index contributed by atoms with van der Waals surface area (Å²) in [5, 5.41) is 3.79. The fourth-order valence-electron chi connectivity index (χ4n) is 2.38. The molecule has 1 aliphatic carbocycles. The Hall–Kier alpha value is -1.11. The van der Waals surface area contributed by atoms with Gasteiger partial charge < -0.3 is 9.08 Å². The van der Waals surface area contributed by atoms with Gasteiger partial charge in [-0.15, -0.1) is 0 Å². The first kappa shape index (κ1) is 15.8. The quantitative estimate of drug-likeness (QED) is 0.563. The number of nitrogens with zero attached hydrogens (tertiary/aromatic N) is 1. The summed E-state index contributed by atoms with van der Waals surface area (Å²) in [5.74, 6) is 1.86. The fourth-order valence-corrected chi connectivity index (χ4v) is 3.58. The van der Waals surface area contributed by atoms with Crippen molar-refractivity contribution in [3.8, 4) is 0 Å². The number of carbonyl (C=O) groups is 1. The Morgan fingerprint density at radius 3 is 2.91 bits per heavy atom. The van der Waals surface area contributed by atoms with Crippen molar-refractivity contribution < 1.29 is 13.9 Å². The van der Waals surface area contributed by atoms with Crippen LogP contribution in [0.5, 0.6) is 0 Å². The molecule has 0 radical (unpaired) electrons. The van der Waals surface area contributed by atoms with Crippen molar-refractivity contribution in [1.29, 1.82) is 0 Å². The summed E-state index contributed by atoms with van der Waals surface area (Å²) in [7, 11) is 0. The molecule has 1 aliphatic rings. The first-order chi connectivity index (χ1) is 10.6. The van der Waals surface area contributed by atoms with Crippen molar-refractivity contribution in [1.82, 2.24) is 5.16 Å². The SMILES string of the molecule is CC[S+]([O-])Cc1cc(Br)ccc1C(=O)c1cnoc1C1CC1. The molecule has 1 aromatic carbocycles. The zero-order valence-electron chi connectivity index (χ0n) is 12.2. The number of carbonyl (C=O) groups excluding carboxylic acids is 1. The van der Waals surface area contributed by atoms with Gasteiger partial charge in [0.05, 0.1) is 11.8 Å². The molecule has 22 heavy (non-hydrogen) atoms. The van der Waals surface area contributed by atoms with Crippen LogP contribution in [0.15, 0.2) is 33.4 Å². The van der Waals surface area contributed by atoms with E-state index in [1.54, 1.807) is 6.07 Å². The highest BCUT2D eigenvalue weighted by Crippen LogP contribution is 2.42. The van der Waals surface area contributed by atoms with Crippen molar-refractivity contribution in [3.63, 3.8) is 0 Å². The Kier molecular flexibility index (Phi) is 4.70. The normalized spacial score (nSPS) is 15.8. The number of aromatic nitrogens is 1. The van der Waals surface area contributed by atoms with E-state index in [4.69, 9.17) is 4.52 Å². The van der Waals surface area contributed by atoms with E-state index in [2.05, 4.69) is 21.1 Å². The summed E-state index contributed by atoms with van der Waals surface area (Å²) in [6, 6.07) is 5.47. The fraction of sp³-hybridized carbons (Fsp3) is 0.375. The molecule has 1 aromatic heterocycles. The maximum Gasteiger partial charge on any atom is 0.198 e. The van der Waals surface area contributed by atoms with E-state index in [1.807, 2.05) is 19.1 Å². The molecule has 3 rings (SSSR count). The molecule has 1 fully saturated rings. The third-order valence-electron chi connectivity index (χ3n) is 3.74. The smallest absolute Gasteiger partial charge is 0.198 e. The highest BCUT2D eigenvalue weighted by atomic mass is 79.9. The molecule has 0 spiro atoms. The Morgan fingerprint density at radius 1 is 1.45 bits per heavy atom. The van der Waals surface area contributed by atoms with Crippen LogP contribution in [0.1, 0.15) is 52.9 Å². The number of halogens is 1. The van der Waals surface area contributed by atoms with E-state index in [0.717, 1.165) is 22.9 Å². The molecule has 0 amide bonds. The molecule has 6 heteroatoms. The van der Waals surface area contributed by atoms with Crippen LogP contribution in [0.4, 0.5) is 0 Å². The molecule has 0 saturated heterocycles. The number of rotatable bonds is 6. The summed E-state index contributed by atoms with van der Waals surface area (Å²) in [4.78, 5) is 12.8. The lowest BCUT2D eigenvalue weighted by Crippen LogP contribution is -2.12. The Bertz CT molecular complexity index is 696. The van der Waals surface area contributed by atoms with Crippen molar-refractivity contribution in [2.24, 2.45) is 0 Å². The predicted molar refractivity (Wildman–Crippen MR) is 88.4 cm³/mol. The van der Waals surface area contributed by atoms with E-state index in [-0.39, 0.29) is 5.78 Å². The number of hydrogen-bond acceptors (Lipinski definition) is 4. The maximum absolute atomic E-state index is 12.8. The number of ketones is 1. The molecule has 0 aliphatic heterocycles. The van der Waals surface area contributed by atoms with E-state index in [9.17, 15) is 9.35 Å². The molecule has 1 atom stereocenters. The molecule has 1 heterocycles. The monoisotopic (exact) mass is 381 g/mol. The zero-order valence-corrected chi connectivity index (χ0v) is 14.6. The molecule has 4 nitrogen and oxygen atoms in total. The van der Waals surface area contributed by atoms with Gasteiger partial charge in [-0.2, -0.15) is 0 Å². The molecular formula is C16H16BrNO3S. The Morgan fingerprint density at radius 2 is 2.23 bits per heavy atom. The second-order valence-corrected chi connectivity index (χ2v) is 8.04. The minimum atomic E-state index is -0.974. The van der Waals surface area contributed by atoms with Gasteiger partial charge in [0.25, 0.3) is 0 Å². The van der Waals surface area contributed by atoms with Crippen molar-refractivity contribution in [3.05, 3.63) is 51.3 Å². The number of hydrogen-bond donors (Lipinski definition) is 0. The molecule has 0 N–H and O–H groups in total. The second kappa shape index (κ2) is 6.56. The van der Waals surface area contributed by atoms with Gasteiger partial charge >= 0.3 is 0 Å². The molecule has 2 aromatic rings. The van der Waals surface area contributed by atoms with Crippen LogP contribution in [0, 0.1) is 0 Å². The lowest BCUT2D eigenvalue weighted by atomic mass is 9.99. The van der Waals surface area contributed by atoms with Gasteiger partial charge in [0.1, 0.15) is 11.5 Å². The molecule has 0 bridgehead atoms. The van der Waals surface area contributed by atoms with Crippen LogP contribution >= 0.6 is 15.9 Å². The highest BCUT2D eigenvalue weighted by molar-refractivity contribution is 9.10. The Balaban J connectivity index is 1.96. The van der Waals surface area contributed by atoms with Crippen LogP contribution in [0.3, 0.4) is 0 Å². The van der Waals surface area contributed by atoms with Crippen LogP contribution in [-0.4, -0.2) is 21.2 Å². The van der Waals surface area contributed by atoms with E-state index in [1.165, 1.54) is 6.20 Å². The van der Waals surface area contributed by atoms with Crippen LogP contribution < -0.4 is 0 Å². The minimum Gasteiger partial charge on any atom is -0.616 e. The van der Waals surface area contributed by atoms with Crippen molar-refractivity contribution >= 4 is 32.9 Å². The summed E-state index contributed by atoms with van der Waals surface area (Å²) in [5.41, 5.74) is 1.91. The topological polar surface area (TPSA) is 66.2 Å².